The Kier molecular flexibility index (Phi) is 4.56. The molecular formula is C16H12FN5O4. The van der Waals surface area contributed by atoms with Crippen molar-refractivity contribution in [2.24, 2.45) is 0 Å². The van der Waals surface area contributed by atoms with Gasteiger partial charge in [0.1, 0.15) is 23.1 Å². The van der Waals surface area contributed by atoms with Crippen LogP contribution in [0.3, 0.4) is 0 Å². The Morgan fingerprint density at radius 2 is 2.08 bits per heavy atom. The second-order valence-corrected chi connectivity index (χ2v) is 5.18. The maximum absolute atomic E-state index is 12.9. The molecule has 0 saturated heterocycles. The lowest BCUT2D eigenvalue weighted by molar-refractivity contribution is 0.102. The largest absolute Gasteiger partial charge is 0.450 e. The molecule has 0 aliphatic carbocycles. The summed E-state index contributed by atoms with van der Waals surface area (Å²) in [6.07, 6.45) is 2.08. The molecule has 3 aromatic rings. The van der Waals surface area contributed by atoms with Gasteiger partial charge >= 0.3 is 5.69 Å². The topological polar surface area (TPSA) is 130 Å². The van der Waals surface area contributed by atoms with Crippen LogP contribution in [-0.2, 0) is 0 Å². The first-order chi connectivity index (χ1) is 12.4. The molecule has 0 bridgehead atoms. The van der Waals surface area contributed by atoms with E-state index in [4.69, 9.17) is 4.74 Å². The fourth-order valence-corrected chi connectivity index (χ4v) is 2.04. The molecule has 26 heavy (non-hydrogen) atoms. The number of aromatic nitrogens is 4. The number of nitrogens with one attached hydrogen (secondary N) is 3. The van der Waals surface area contributed by atoms with Crippen LogP contribution >= 0.6 is 0 Å². The molecule has 0 aliphatic heterocycles. The average molecular weight is 357 g/mol. The Bertz CT molecular complexity index is 1070. The monoisotopic (exact) mass is 357 g/mol. The Hall–Kier alpha value is -3.82. The number of anilines is 1. The summed E-state index contributed by atoms with van der Waals surface area (Å²) >= 11 is 0. The SMILES string of the molecule is Cc1cc(Oc2c[nH]c(=O)[nH]c2=O)cc(C(=O)Nc2ccc(F)cn2)n1. The summed E-state index contributed by atoms with van der Waals surface area (Å²) in [5, 5.41) is 2.47. The molecule has 9 nitrogen and oxygen atoms in total. The summed E-state index contributed by atoms with van der Waals surface area (Å²) in [4.78, 5) is 47.1. The van der Waals surface area contributed by atoms with E-state index in [1.165, 1.54) is 18.2 Å². The van der Waals surface area contributed by atoms with E-state index in [1.54, 1.807) is 6.92 Å². The smallest absolute Gasteiger partial charge is 0.325 e. The number of hydrogen-bond acceptors (Lipinski definition) is 6. The van der Waals surface area contributed by atoms with Gasteiger partial charge in [-0.3, -0.25) is 14.6 Å². The minimum absolute atomic E-state index is 0.00646. The highest BCUT2D eigenvalue weighted by molar-refractivity contribution is 6.02. The van der Waals surface area contributed by atoms with Gasteiger partial charge in [-0.15, -0.1) is 0 Å². The molecule has 0 atom stereocenters. The number of amides is 1. The van der Waals surface area contributed by atoms with Crippen LogP contribution in [0.25, 0.3) is 0 Å². The van der Waals surface area contributed by atoms with Gasteiger partial charge in [-0.25, -0.2) is 19.2 Å². The number of nitrogens with zero attached hydrogens (tertiary/aromatic N) is 2. The maximum atomic E-state index is 12.9. The van der Waals surface area contributed by atoms with Gasteiger partial charge in [0.25, 0.3) is 11.5 Å². The lowest BCUT2D eigenvalue weighted by Crippen LogP contribution is -2.22. The Labute approximate surface area is 144 Å². The molecule has 3 rings (SSSR count). The molecule has 0 unspecified atom stereocenters. The number of carbonyl (C=O) groups is 1. The Morgan fingerprint density at radius 1 is 1.27 bits per heavy atom. The molecule has 0 aliphatic rings. The van der Waals surface area contributed by atoms with Gasteiger partial charge in [0.15, 0.2) is 0 Å². The zero-order valence-corrected chi connectivity index (χ0v) is 13.4. The highest BCUT2D eigenvalue weighted by Gasteiger charge is 2.13. The van der Waals surface area contributed by atoms with Crippen molar-refractivity contribution in [3.8, 4) is 11.5 Å². The zero-order valence-electron chi connectivity index (χ0n) is 13.4. The number of ether oxygens (including phenoxy) is 1. The van der Waals surface area contributed by atoms with Gasteiger partial charge in [-0.2, -0.15) is 0 Å². The summed E-state index contributed by atoms with van der Waals surface area (Å²) in [5.41, 5.74) is -0.919. The van der Waals surface area contributed by atoms with E-state index in [0.29, 0.717) is 5.69 Å². The molecule has 0 radical (unpaired) electrons. The van der Waals surface area contributed by atoms with Crippen molar-refractivity contribution in [1.82, 2.24) is 19.9 Å². The van der Waals surface area contributed by atoms with Gasteiger partial charge < -0.3 is 15.0 Å². The number of aromatic amines is 2. The average Bonchev–Trinajstić information content (AvgIpc) is 2.59. The van der Waals surface area contributed by atoms with Crippen molar-refractivity contribution in [2.75, 3.05) is 5.32 Å². The van der Waals surface area contributed by atoms with Crippen LogP contribution in [0.4, 0.5) is 10.2 Å². The lowest BCUT2D eigenvalue weighted by Gasteiger charge is -2.08. The fraction of sp³-hybridized carbons (Fsp3) is 0.0625. The molecule has 0 saturated carbocycles. The van der Waals surface area contributed by atoms with E-state index in [-0.39, 0.29) is 23.0 Å². The van der Waals surface area contributed by atoms with Crippen molar-refractivity contribution < 1.29 is 13.9 Å². The predicted octanol–water partition coefficient (Wildman–Crippen LogP) is 1.35. The first-order valence-corrected chi connectivity index (χ1v) is 7.32. The van der Waals surface area contributed by atoms with Crippen LogP contribution < -0.4 is 21.3 Å². The molecule has 3 N–H and O–H groups in total. The van der Waals surface area contributed by atoms with E-state index in [2.05, 4.69) is 20.3 Å². The number of aryl methyl sites for hydroxylation is 1. The zero-order chi connectivity index (χ0) is 18.7. The minimum atomic E-state index is -0.718. The number of pyridine rings is 2. The van der Waals surface area contributed by atoms with E-state index in [0.717, 1.165) is 18.5 Å². The summed E-state index contributed by atoms with van der Waals surface area (Å²) in [7, 11) is 0. The van der Waals surface area contributed by atoms with Crippen molar-refractivity contribution >= 4 is 11.7 Å². The van der Waals surface area contributed by atoms with Crippen LogP contribution in [0.1, 0.15) is 16.2 Å². The van der Waals surface area contributed by atoms with Crippen molar-refractivity contribution in [2.45, 2.75) is 6.92 Å². The number of halogens is 1. The third-order valence-corrected chi connectivity index (χ3v) is 3.14. The van der Waals surface area contributed by atoms with Gasteiger partial charge in [0.2, 0.25) is 5.75 Å². The van der Waals surface area contributed by atoms with Gasteiger partial charge in [-0.1, -0.05) is 0 Å². The van der Waals surface area contributed by atoms with E-state index in [1.807, 2.05) is 4.98 Å². The quantitative estimate of drug-likeness (QED) is 0.646. The van der Waals surface area contributed by atoms with Gasteiger partial charge in [-0.05, 0) is 19.1 Å². The van der Waals surface area contributed by atoms with Crippen molar-refractivity contribution in [3.63, 3.8) is 0 Å². The molecule has 1 amide bonds. The van der Waals surface area contributed by atoms with Crippen LogP contribution in [-0.4, -0.2) is 25.8 Å². The Morgan fingerprint density at radius 3 is 2.77 bits per heavy atom. The first-order valence-electron chi connectivity index (χ1n) is 7.32. The molecule has 3 heterocycles. The molecule has 132 valence electrons. The van der Waals surface area contributed by atoms with Gasteiger partial charge in [0.05, 0.1) is 12.4 Å². The van der Waals surface area contributed by atoms with E-state index >= 15 is 0 Å². The molecular weight excluding hydrogens is 345 g/mol. The minimum Gasteiger partial charge on any atom is -0.450 e. The third kappa shape index (κ3) is 3.98. The number of carbonyl (C=O) groups excluding carboxylic acids is 1. The molecule has 0 spiro atoms. The predicted molar refractivity (Wildman–Crippen MR) is 88.9 cm³/mol. The summed E-state index contributed by atoms with van der Waals surface area (Å²) < 4.78 is 18.3. The van der Waals surface area contributed by atoms with Gasteiger partial charge in [0, 0.05) is 17.8 Å². The highest BCUT2D eigenvalue weighted by Crippen LogP contribution is 2.19. The Balaban J connectivity index is 1.84. The third-order valence-electron chi connectivity index (χ3n) is 3.14. The standard InChI is InChI=1S/C16H12FN5O4/c1-8-4-10(26-12-7-19-16(25)22-15(12)24)5-11(20-8)14(23)21-13-3-2-9(17)6-18-13/h2-7H,1H3,(H,18,21,23)(H2,19,22,24,25). The van der Waals surface area contributed by atoms with Crippen LogP contribution in [0.5, 0.6) is 11.5 Å². The summed E-state index contributed by atoms with van der Waals surface area (Å²) in [6.45, 7) is 1.64. The number of H-pyrrole nitrogens is 2. The van der Waals surface area contributed by atoms with Crippen LogP contribution in [0.15, 0.2) is 46.2 Å². The fourth-order valence-electron chi connectivity index (χ4n) is 2.04. The maximum Gasteiger partial charge on any atom is 0.325 e. The number of rotatable bonds is 4. The lowest BCUT2D eigenvalue weighted by atomic mass is 10.2. The normalized spacial score (nSPS) is 10.4. The van der Waals surface area contributed by atoms with Crippen molar-refractivity contribution in [3.05, 3.63) is 74.7 Å². The van der Waals surface area contributed by atoms with E-state index < -0.39 is 23.0 Å². The highest BCUT2D eigenvalue weighted by atomic mass is 19.1. The second-order valence-electron chi connectivity index (χ2n) is 5.18. The molecule has 0 fully saturated rings. The number of hydrogen-bond donors (Lipinski definition) is 3. The molecule has 3 aromatic heterocycles. The first kappa shape index (κ1) is 17.0. The summed E-state index contributed by atoms with van der Waals surface area (Å²) in [5.74, 6) is -0.945. The van der Waals surface area contributed by atoms with Crippen LogP contribution in [0.2, 0.25) is 0 Å². The van der Waals surface area contributed by atoms with Crippen LogP contribution in [0, 0.1) is 12.7 Å². The van der Waals surface area contributed by atoms with Crippen molar-refractivity contribution in [1.29, 1.82) is 0 Å². The molecule has 10 heteroatoms. The second kappa shape index (κ2) is 6.97. The van der Waals surface area contributed by atoms with E-state index in [9.17, 15) is 18.8 Å². The summed E-state index contributed by atoms with van der Waals surface area (Å²) in [6, 6.07) is 5.29. The molecule has 0 aromatic carbocycles.